The third-order valence-electron chi connectivity index (χ3n) is 4.41. The van der Waals surface area contributed by atoms with Crippen LogP contribution in [0.3, 0.4) is 0 Å². The Morgan fingerprint density at radius 3 is 2.57 bits per heavy atom. The average Bonchev–Trinajstić information content (AvgIpc) is 2.96. The summed E-state index contributed by atoms with van der Waals surface area (Å²) in [4.78, 5) is 4.52. The van der Waals surface area contributed by atoms with Crippen molar-refractivity contribution in [1.29, 1.82) is 0 Å². The molecule has 0 saturated carbocycles. The number of halogens is 2. The number of aliphatic imine (C=N–C) groups is 1. The second kappa shape index (κ2) is 12.2. The third-order valence-corrected chi connectivity index (χ3v) is 5.25. The highest BCUT2D eigenvalue weighted by Crippen LogP contribution is 2.15. The molecule has 0 spiro atoms. The lowest BCUT2D eigenvalue weighted by Gasteiger charge is -2.13. The summed E-state index contributed by atoms with van der Waals surface area (Å²) in [5.74, 6) is 1.55. The van der Waals surface area contributed by atoms with E-state index in [-0.39, 0.29) is 36.3 Å². The zero-order valence-electron chi connectivity index (χ0n) is 17.8. The summed E-state index contributed by atoms with van der Waals surface area (Å²) in [5.41, 5.74) is 1.09. The van der Waals surface area contributed by atoms with Gasteiger partial charge in [-0.25, -0.2) is 17.8 Å². The van der Waals surface area contributed by atoms with Gasteiger partial charge in [-0.15, -0.1) is 34.2 Å². The molecule has 0 unspecified atom stereocenters. The highest BCUT2D eigenvalue weighted by atomic mass is 127. The van der Waals surface area contributed by atoms with Gasteiger partial charge >= 0.3 is 0 Å². The van der Waals surface area contributed by atoms with Gasteiger partial charge in [-0.05, 0) is 36.6 Å². The number of hydrogen-bond donors (Lipinski definition) is 2. The van der Waals surface area contributed by atoms with Gasteiger partial charge in [0.2, 0.25) is 0 Å². The van der Waals surface area contributed by atoms with Crippen molar-refractivity contribution >= 4 is 39.8 Å². The molecule has 1 aromatic heterocycles. The number of hydrogen-bond acceptors (Lipinski definition) is 5. The van der Waals surface area contributed by atoms with Crippen LogP contribution < -0.4 is 10.6 Å². The standard InChI is InChI=1S/C19H29FN6O2S.HI/c1-5-6-9-21-19(23-12-18-25-24-14(2)26(18)3)22-11-16-10-17(20)8-7-15(16)13-29(4,27)28;/h7-8,10H,5-6,9,11-13H2,1-4H3,(H2,21,22,23);1H. The molecule has 0 atom stereocenters. The molecule has 1 aromatic carbocycles. The van der Waals surface area contributed by atoms with Crippen LogP contribution in [0.25, 0.3) is 0 Å². The van der Waals surface area contributed by atoms with Crippen molar-refractivity contribution in [3.8, 4) is 0 Å². The second-order valence-corrected chi connectivity index (χ2v) is 9.14. The highest BCUT2D eigenvalue weighted by Gasteiger charge is 2.11. The summed E-state index contributed by atoms with van der Waals surface area (Å²) in [6, 6.07) is 4.10. The number of rotatable bonds is 9. The Morgan fingerprint density at radius 1 is 1.23 bits per heavy atom. The predicted octanol–water partition coefficient (Wildman–Crippen LogP) is 2.46. The first-order chi connectivity index (χ1) is 13.7. The number of nitrogens with zero attached hydrogens (tertiary/aromatic N) is 4. The van der Waals surface area contributed by atoms with Crippen molar-refractivity contribution in [2.75, 3.05) is 12.8 Å². The molecule has 30 heavy (non-hydrogen) atoms. The van der Waals surface area contributed by atoms with Crippen LogP contribution in [0.2, 0.25) is 0 Å². The van der Waals surface area contributed by atoms with Gasteiger partial charge in [-0.1, -0.05) is 19.4 Å². The SMILES string of the molecule is CCCCNC(=NCc1cc(F)ccc1CS(C)(=O)=O)NCc1nnc(C)n1C.I. The molecule has 11 heteroatoms. The number of guanidine groups is 1. The van der Waals surface area contributed by atoms with E-state index in [1.165, 1.54) is 18.2 Å². The maximum Gasteiger partial charge on any atom is 0.191 e. The maximum absolute atomic E-state index is 13.7. The zero-order chi connectivity index (χ0) is 21.4. The van der Waals surface area contributed by atoms with Gasteiger partial charge in [0.15, 0.2) is 21.6 Å². The molecule has 8 nitrogen and oxygen atoms in total. The minimum absolute atomic E-state index is 0. The van der Waals surface area contributed by atoms with Gasteiger partial charge in [-0.3, -0.25) is 0 Å². The zero-order valence-corrected chi connectivity index (χ0v) is 20.9. The van der Waals surface area contributed by atoms with E-state index in [1.807, 2.05) is 18.5 Å². The first-order valence-corrected chi connectivity index (χ1v) is 11.6. The number of aryl methyl sites for hydroxylation is 1. The van der Waals surface area contributed by atoms with E-state index in [9.17, 15) is 12.8 Å². The lowest BCUT2D eigenvalue weighted by molar-refractivity contribution is 0.600. The quantitative estimate of drug-likeness (QED) is 0.215. The fraction of sp³-hybridized carbons (Fsp3) is 0.526. The summed E-state index contributed by atoms with van der Waals surface area (Å²) in [5, 5.41) is 14.6. The van der Waals surface area contributed by atoms with Crippen molar-refractivity contribution in [3.05, 3.63) is 46.8 Å². The third kappa shape index (κ3) is 8.54. The molecule has 0 aliphatic heterocycles. The number of sulfone groups is 1. The van der Waals surface area contributed by atoms with Crippen molar-refractivity contribution in [3.63, 3.8) is 0 Å². The van der Waals surface area contributed by atoms with Crippen LogP contribution in [0.1, 0.15) is 42.5 Å². The van der Waals surface area contributed by atoms with Crippen molar-refractivity contribution in [1.82, 2.24) is 25.4 Å². The molecular weight excluding hydrogens is 522 g/mol. The molecule has 0 aliphatic rings. The lowest BCUT2D eigenvalue weighted by atomic mass is 10.1. The molecule has 0 bridgehead atoms. The maximum atomic E-state index is 13.7. The van der Waals surface area contributed by atoms with E-state index in [0.29, 0.717) is 23.6 Å². The van der Waals surface area contributed by atoms with E-state index >= 15 is 0 Å². The number of unbranched alkanes of at least 4 members (excludes halogenated alkanes) is 1. The molecule has 0 aliphatic carbocycles. The van der Waals surface area contributed by atoms with Crippen molar-refractivity contribution in [2.45, 2.75) is 45.5 Å². The molecular formula is C19H30FIN6O2S. The Bertz CT molecular complexity index is 962. The summed E-state index contributed by atoms with van der Waals surface area (Å²) in [7, 11) is -1.35. The Morgan fingerprint density at radius 2 is 1.97 bits per heavy atom. The lowest BCUT2D eigenvalue weighted by Crippen LogP contribution is -2.38. The molecule has 2 N–H and O–H groups in total. The number of aromatic nitrogens is 3. The average molecular weight is 552 g/mol. The topological polar surface area (TPSA) is 101 Å². The molecule has 1 heterocycles. The van der Waals surface area contributed by atoms with E-state index in [1.54, 1.807) is 0 Å². The van der Waals surface area contributed by atoms with Crippen molar-refractivity contribution < 1.29 is 12.8 Å². The van der Waals surface area contributed by atoms with Gasteiger partial charge < -0.3 is 15.2 Å². The van der Waals surface area contributed by atoms with Gasteiger partial charge in [0.25, 0.3) is 0 Å². The van der Waals surface area contributed by atoms with Gasteiger partial charge in [-0.2, -0.15) is 0 Å². The van der Waals surface area contributed by atoms with Crippen LogP contribution >= 0.6 is 24.0 Å². The van der Waals surface area contributed by atoms with Crippen LogP contribution in [0, 0.1) is 12.7 Å². The molecule has 2 aromatic rings. The van der Waals surface area contributed by atoms with Crippen LogP contribution in [0.15, 0.2) is 23.2 Å². The van der Waals surface area contributed by atoms with Crippen LogP contribution in [0.5, 0.6) is 0 Å². The highest BCUT2D eigenvalue weighted by molar-refractivity contribution is 14.0. The van der Waals surface area contributed by atoms with Crippen LogP contribution in [0.4, 0.5) is 4.39 Å². The van der Waals surface area contributed by atoms with Gasteiger partial charge in [0.05, 0.1) is 18.8 Å². The minimum Gasteiger partial charge on any atom is -0.356 e. The van der Waals surface area contributed by atoms with E-state index in [2.05, 4.69) is 32.7 Å². The number of nitrogens with one attached hydrogen (secondary N) is 2. The molecule has 0 fully saturated rings. The summed E-state index contributed by atoms with van der Waals surface area (Å²) >= 11 is 0. The van der Waals surface area contributed by atoms with Crippen LogP contribution in [-0.2, 0) is 35.7 Å². The second-order valence-electron chi connectivity index (χ2n) is 7.00. The predicted molar refractivity (Wildman–Crippen MR) is 127 cm³/mol. The Labute approximate surface area is 194 Å². The van der Waals surface area contributed by atoms with Gasteiger partial charge in [0, 0.05) is 19.8 Å². The van der Waals surface area contributed by atoms with Crippen molar-refractivity contribution in [2.24, 2.45) is 12.0 Å². The van der Waals surface area contributed by atoms with E-state index < -0.39 is 15.7 Å². The van der Waals surface area contributed by atoms with E-state index in [0.717, 1.165) is 37.3 Å². The summed E-state index contributed by atoms with van der Waals surface area (Å²) < 4.78 is 39.0. The monoisotopic (exact) mass is 552 g/mol. The Balaban J connectivity index is 0.00000450. The fourth-order valence-electron chi connectivity index (χ4n) is 2.65. The van der Waals surface area contributed by atoms with E-state index in [4.69, 9.17) is 0 Å². The normalized spacial score (nSPS) is 11.8. The molecule has 2 rings (SSSR count). The first kappa shape index (κ1) is 26.3. The molecule has 168 valence electrons. The first-order valence-electron chi connectivity index (χ1n) is 9.51. The van der Waals surface area contributed by atoms with Gasteiger partial charge in [0.1, 0.15) is 11.6 Å². The largest absolute Gasteiger partial charge is 0.356 e. The van der Waals surface area contributed by atoms with Crippen LogP contribution in [-0.4, -0.2) is 41.9 Å². The smallest absolute Gasteiger partial charge is 0.191 e. The number of benzene rings is 1. The fourth-order valence-corrected chi connectivity index (χ4v) is 3.50. The Hall–Kier alpha value is -1.76. The molecule has 0 radical (unpaired) electrons. The molecule has 0 amide bonds. The summed E-state index contributed by atoms with van der Waals surface area (Å²) in [6.45, 7) is 5.28. The summed E-state index contributed by atoms with van der Waals surface area (Å²) in [6.07, 6.45) is 3.17. The minimum atomic E-state index is -3.24. The Kier molecular flexibility index (Phi) is 10.7. The molecule has 0 saturated heterocycles.